The average Bonchev–Trinajstić information content (AvgIpc) is 3.11. The minimum atomic E-state index is -3.06. The number of halogens is 3. The Hall–Kier alpha value is -2.29. The number of benzene rings is 1. The third kappa shape index (κ3) is 3.75. The summed E-state index contributed by atoms with van der Waals surface area (Å²) in [5.41, 5.74) is 8.22. The quantitative estimate of drug-likeness (QED) is 0.526. The summed E-state index contributed by atoms with van der Waals surface area (Å²) in [5.74, 6) is -0.305. The monoisotopic (exact) mass is 470 g/mol. The van der Waals surface area contributed by atoms with Crippen LogP contribution in [0.3, 0.4) is 0 Å². The molecule has 1 aromatic carbocycles. The van der Waals surface area contributed by atoms with E-state index in [-0.39, 0.29) is 38.7 Å². The largest absolute Gasteiger partial charge is 0.478 e. The second-order valence-corrected chi connectivity index (χ2v) is 9.99. The fourth-order valence-corrected chi connectivity index (χ4v) is 5.25. The second-order valence-electron chi connectivity index (χ2n) is 6.98. The smallest absolute Gasteiger partial charge is 0.205 e. The highest BCUT2D eigenvalue weighted by atomic mass is 35.5. The summed E-state index contributed by atoms with van der Waals surface area (Å²) >= 11 is 12.3. The van der Waals surface area contributed by atoms with Crippen molar-refractivity contribution in [2.24, 2.45) is 0 Å². The average molecular weight is 471 g/mol. The lowest BCUT2D eigenvalue weighted by molar-refractivity contribution is 0.227. The maximum atomic E-state index is 13.9. The molecule has 6 nitrogen and oxygen atoms in total. The van der Waals surface area contributed by atoms with E-state index in [0.29, 0.717) is 17.4 Å². The molecule has 0 radical (unpaired) electrons. The van der Waals surface area contributed by atoms with E-state index in [1.165, 1.54) is 18.4 Å². The first-order valence-electron chi connectivity index (χ1n) is 9.03. The number of pyridine rings is 1. The van der Waals surface area contributed by atoms with Gasteiger partial charge in [-0.15, -0.1) is 0 Å². The van der Waals surface area contributed by atoms with Crippen LogP contribution in [0, 0.1) is 5.82 Å². The van der Waals surface area contributed by atoms with Gasteiger partial charge in [0.25, 0.3) is 0 Å². The molecule has 3 heterocycles. The lowest BCUT2D eigenvalue weighted by Crippen LogP contribution is -2.14. The van der Waals surface area contributed by atoms with Crippen LogP contribution in [0.4, 0.5) is 10.2 Å². The van der Waals surface area contributed by atoms with Crippen molar-refractivity contribution in [1.82, 2.24) is 4.98 Å². The number of hydrogen-bond acceptors (Lipinski definition) is 6. The van der Waals surface area contributed by atoms with E-state index in [9.17, 15) is 12.8 Å². The van der Waals surface area contributed by atoms with Crippen molar-refractivity contribution in [1.29, 1.82) is 0 Å². The van der Waals surface area contributed by atoms with E-state index in [4.69, 9.17) is 38.1 Å². The Morgan fingerprint density at radius 1 is 1.33 bits per heavy atom. The number of furan rings is 1. The first-order chi connectivity index (χ1) is 14.2. The first kappa shape index (κ1) is 21.0. The van der Waals surface area contributed by atoms with Gasteiger partial charge in [0.2, 0.25) is 5.75 Å². The van der Waals surface area contributed by atoms with Crippen molar-refractivity contribution in [2.75, 3.05) is 17.2 Å². The molecule has 0 amide bonds. The predicted molar refractivity (Wildman–Crippen MR) is 115 cm³/mol. The summed E-state index contributed by atoms with van der Waals surface area (Å²) in [6.07, 6.45) is 4.38. The summed E-state index contributed by atoms with van der Waals surface area (Å²) in [6.45, 7) is 1.66. The van der Waals surface area contributed by atoms with Crippen LogP contribution in [0.5, 0.6) is 5.75 Å². The van der Waals surface area contributed by atoms with Crippen molar-refractivity contribution >= 4 is 55.4 Å². The zero-order chi connectivity index (χ0) is 21.6. The lowest BCUT2D eigenvalue weighted by atomic mass is 10.0. The highest BCUT2D eigenvalue weighted by Crippen LogP contribution is 2.41. The third-order valence-electron chi connectivity index (χ3n) is 4.99. The number of rotatable bonds is 4. The van der Waals surface area contributed by atoms with Crippen LogP contribution in [0.25, 0.3) is 16.5 Å². The molecule has 1 atom stereocenters. The molecule has 10 heteroatoms. The van der Waals surface area contributed by atoms with Gasteiger partial charge < -0.3 is 14.9 Å². The van der Waals surface area contributed by atoms with Crippen LogP contribution in [-0.2, 0) is 9.84 Å². The highest BCUT2D eigenvalue weighted by Gasteiger charge is 2.25. The summed E-state index contributed by atoms with van der Waals surface area (Å²) in [6, 6.07) is 2.57. The van der Waals surface area contributed by atoms with Gasteiger partial charge in [0, 0.05) is 22.3 Å². The zero-order valence-corrected chi connectivity index (χ0v) is 18.1. The molecule has 0 fully saturated rings. The van der Waals surface area contributed by atoms with E-state index in [1.54, 1.807) is 19.2 Å². The molecule has 0 spiro atoms. The Balaban J connectivity index is 1.74. The minimum absolute atomic E-state index is 0.0195. The maximum absolute atomic E-state index is 13.9. The number of nitrogens with two attached hydrogens (primary N) is 1. The molecule has 2 aromatic heterocycles. The number of nitrogen functional groups attached to an aromatic ring is 1. The number of allylic oxidation sites excluding steroid dienone is 1. The number of fused-ring (bicyclic) bond motifs is 1. The molecule has 0 saturated carbocycles. The van der Waals surface area contributed by atoms with Gasteiger partial charge >= 0.3 is 0 Å². The number of ether oxygens (including phenoxy) is 1. The number of nitrogens with zero attached hydrogens (tertiary/aromatic N) is 1. The Labute approximate surface area is 182 Å². The molecule has 30 heavy (non-hydrogen) atoms. The summed E-state index contributed by atoms with van der Waals surface area (Å²) in [4.78, 5) is 4.18. The number of hydrogen-bond donors (Lipinski definition) is 1. The standard InChI is InChI=1S/C20H17Cl2FN2O4S/c1-10(16-14(21)2-3-15(23)17(16)22)29-19-18-12(8-25-20(19)24)13(9-28-18)11-4-6-30(26,27)7-5-11/h2-4,8-10H,5-7H2,1H3,(H2,24,25)/t10-/m1/s1. The maximum Gasteiger partial charge on any atom is 0.205 e. The molecule has 1 aliphatic rings. The van der Waals surface area contributed by atoms with E-state index >= 15 is 0 Å². The van der Waals surface area contributed by atoms with E-state index in [0.717, 1.165) is 11.1 Å². The normalized spacial score (nSPS) is 17.0. The molecule has 3 aromatic rings. The van der Waals surface area contributed by atoms with Crippen LogP contribution in [-0.4, -0.2) is 24.9 Å². The Bertz CT molecular complexity index is 1290. The van der Waals surface area contributed by atoms with Gasteiger partial charge in [0.05, 0.1) is 28.2 Å². The minimum Gasteiger partial charge on any atom is -0.478 e. The molecule has 1 aliphatic heterocycles. The van der Waals surface area contributed by atoms with Crippen molar-refractivity contribution in [2.45, 2.75) is 19.4 Å². The van der Waals surface area contributed by atoms with E-state index in [1.807, 2.05) is 0 Å². The van der Waals surface area contributed by atoms with E-state index in [2.05, 4.69) is 4.98 Å². The third-order valence-corrected chi connectivity index (χ3v) is 7.21. The fourth-order valence-electron chi connectivity index (χ4n) is 3.42. The number of anilines is 1. The lowest BCUT2D eigenvalue weighted by Gasteiger charge is -2.19. The van der Waals surface area contributed by atoms with Crippen molar-refractivity contribution in [3.05, 3.63) is 57.7 Å². The topological polar surface area (TPSA) is 95.4 Å². The SMILES string of the molecule is C[C@@H](Oc1c(N)ncc2c(C3=CCS(=O)(=O)CC3)coc12)c1c(Cl)ccc(F)c1Cl. The van der Waals surface area contributed by atoms with Gasteiger partial charge in [-0.2, -0.15) is 0 Å². The predicted octanol–water partition coefficient (Wildman–Crippen LogP) is 5.20. The van der Waals surface area contributed by atoms with Gasteiger partial charge in [0.1, 0.15) is 11.9 Å². The number of aromatic nitrogens is 1. The molecule has 0 bridgehead atoms. The van der Waals surface area contributed by atoms with Crippen LogP contribution in [0.2, 0.25) is 10.0 Å². The molecule has 0 saturated heterocycles. The van der Waals surface area contributed by atoms with E-state index < -0.39 is 21.8 Å². The fraction of sp³-hybridized carbons (Fsp3) is 0.250. The second kappa shape index (κ2) is 7.76. The summed E-state index contributed by atoms with van der Waals surface area (Å²) in [5, 5.41) is 0.747. The van der Waals surface area contributed by atoms with Crippen LogP contribution in [0.15, 0.2) is 35.1 Å². The molecular weight excluding hydrogens is 454 g/mol. The van der Waals surface area contributed by atoms with Gasteiger partial charge in [-0.25, -0.2) is 17.8 Å². The Morgan fingerprint density at radius 2 is 2.10 bits per heavy atom. The van der Waals surface area contributed by atoms with Crippen LogP contribution in [0.1, 0.15) is 30.6 Å². The summed E-state index contributed by atoms with van der Waals surface area (Å²) < 4.78 is 49.0. The van der Waals surface area contributed by atoms with Crippen LogP contribution >= 0.6 is 23.2 Å². The van der Waals surface area contributed by atoms with Crippen molar-refractivity contribution in [3.63, 3.8) is 0 Å². The summed E-state index contributed by atoms with van der Waals surface area (Å²) in [7, 11) is -3.06. The molecule has 4 rings (SSSR count). The number of sulfone groups is 1. The van der Waals surface area contributed by atoms with Crippen molar-refractivity contribution in [3.8, 4) is 5.75 Å². The van der Waals surface area contributed by atoms with Gasteiger partial charge in [-0.3, -0.25) is 0 Å². The van der Waals surface area contributed by atoms with Crippen LogP contribution < -0.4 is 10.5 Å². The first-order valence-corrected chi connectivity index (χ1v) is 11.6. The van der Waals surface area contributed by atoms with Crippen molar-refractivity contribution < 1.29 is 22.0 Å². The highest BCUT2D eigenvalue weighted by molar-refractivity contribution is 7.91. The molecule has 0 aliphatic carbocycles. The Kier molecular flexibility index (Phi) is 5.42. The molecule has 0 unspecified atom stereocenters. The van der Waals surface area contributed by atoms with Gasteiger partial charge in [0.15, 0.2) is 21.2 Å². The zero-order valence-electron chi connectivity index (χ0n) is 15.8. The molecule has 2 N–H and O–H groups in total. The Morgan fingerprint density at radius 3 is 2.80 bits per heavy atom. The van der Waals surface area contributed by atoms with Gasteiger partial charge in [-0.1, -0.05) is 29.3 Å². The molecule has 158 valence electrons. The van der Waals surface area contributed by atoms with Gasteiger partial charge in [-0.05, 0) is 31.1 Å². The molecular formula is C20H17Cl2FN2O4S.